The molecular weight excluding hydrogens is 357 g/mol. The van der Waals surface area contributed by atoms with Gasteiger partial charge in [0.15, 0.2) is 5.65 Å². The maximum atomic E-state index is 14.4. The van der Waals surface area contributed by atoms with Gasteiger partial charge in [-0.3, -0.25) is 0 Å². The molecule has 26 heavy (non-hydrogen) atoms. The summed E-state index contributed by atoms with van der Waals surface area (Å²) in [7, 11) is 0. The monoisotopic (exact) mass is 373 g/mol. The minimum absolute atomic E-state index is 0.296. The van der Waals surface area contributed by atoms with Gasteiger partial charge in [0, 0.05) is 12.1 Å². The van der Waals surface area contributed by atoms with E-state index in [2.05, 4.69) is 20.3 Å². The lowest BCUT2D eigenvalue weighted by atomic mass is 10.00. The second-order valence-corrected chi connectivity index (χ2v) is 6.72. The van der Waals surface area contributed by atoms with Crippen LogP contribution < -0.4 is 15.8 Å². The van der Waals surface area contributed by atoms with Crippen molar-refractivity contribution >= 4 is 34.4 Å². The van der Waals surface area contributed by atoms with Gasteiger partial charge >= 0.3 is 0 Å². The lowest BCUT2D eigenvalue weighted by Crippen LogP contribution is -2.23. The standard InChI is InChI=1S/C18H17ClFN5O/c1-8-7-9(2)22-17-13(8)16(21)24-18(25-17)23-12-5-6-26-15-10(19)3-4-11(20)14(12)15/h3-4,7,12H,5-6H2,1-2H3,(H3,21,22,23,24,25). The molecule has 0 amide bonds. The summed E-state index contributed by atoms with van der Waals surface area (Å²) >= 11 is 6.14. The molecule has 0 bridgehead atoms. The molecule has 0 spiro atoms. The van der Waals surface area contributed by atoms with Gasteiger partial charge in [0.2, 0.25) is 5.95 Å². The average Bonchev–Trinajstić information content (AvgIpc) is 2.57. The normalized spacial score (nSPS) is 16.2. The van der Waals surface area contributed by atoms with E-state index in [-0.39, 0.29) is 11.9 Å². The van der Waals surface area contributed by atoms with Crippen molar-refractivity contribution in [3.8, 4) is 5.75 Å². The molecule has 0 saturated heterocycles. The van der Waals surface area contributed by atoms with E-state index in [1.165, 1.54) is 12.1 Å². The number of nitrogens with two attached hydrogens (primary N) is 1. The fourth-order valence-corrected chi connectivity index (χ4v) is 3.54. The maximum absolute atomic E-state index is 14.4. The number of aromatic nitrogens is 3. The number of nitrogen functional groups attached to an aromatic ring is 1. The molecule has 134 valence electrons. The van der Waals surface area contributed by atoms with Crippen LogP contribution in [0.15, 0.2) is 18.2 Å². The van der Waals surface area contributed by atoms with Crippen LogP contribution in [0.4, 0.5) is 16.2 Å². The first-order chi connectivity index (χ1) is 12.4. The number of benzene rings is 1. The number of anilines is 2. The molecule has 2 aromatic heterocycles. The van der Waals surface area contributed by atoms with Crippen molar-refractivity contribution in [2.75, 3.05) is 17.7 Å². The summed E-state index contributed by atoms with van der Waals surface area (Å²) in [5, 5.41) is 4.26. The average molecular weight is 374 g/mol. The highest BCUT2D eigenvalue weighted by Crippen LogP contribution is 2.40. The highest BCUT2D eigenvalue weighted by molar-refractivity contribution is 6.32. The van der Waals surface area contributed by atoms with Crippen molar-refractivity contribution in [2.24, 2.45) is 0 Å². The second-order valence-electron chi connectivity index (χ2n) is 6.32. The first kappa shape index (κ1) is 16.8. The van der Waals surface area contributed by atoms with Crippen LogP contribution in [-0.4, -0.2) is 21.6 Å². The smallest absolute Gasteiger partial charge is 0.227 e. The number of hydrogen-bond acceptors (Lipinski definition) is 6. The van der Waals surface area contributed by atoms with E-state index in [9.17, 15) is 4.39 Å². The predicted molar refractivity (Wildman–Crippen MR) is 99.1 cm³/mol. The van der Waals surface area contributed by atoms with Gasteiger partial charge < -0.3 is 15.8 Å². The number of halogens is 2. The van der Waals surface area contributed by atoms with Gasteiger partial charge in [0.25, 0.3) is 0 Å². The van der Waals surface area contributed by atoms with Gasteiger partial charge in [-0.1, -0.05) is 11.6 Å². The molecule has 1 aliphatic rings. The third-order valence-corrected chi connectivity index (χ3v) is 4.72. The predicted octanol–water partition coefficient (Wildman–Crippen LogP) is 3.95. The molecule has 1 aliphatic heterocycles. The summed E-state index contributed by atoms with van der Waals surface area (Å²) in [5.41, 5.74) is 8.80. The fraction of sp³-hybridized carbons (Fsp3) is 0.278. The summed E-state index contributed by atoms with van der Waals surface area (Å²) in [5.74, 6) is 0.597. The molecule has 6 nitrogen and oxygen atoms in total. The highest BCUT2D eigenvalue weighted by Gasteiger charge is 2.28. The van der Waals surface area contributed by atoms with Gasteiger partial charge in [-0.05, 0) is 37.6 Å². The van der Waals surface area contributed by atoms with Gasteiger partial charge in [-0.2, -0.15) is 9.97 Å². The zero-order chi connectivity index (χ0) is 18.4. The molecule has 0 radical (unpaired) electrons. The van der Waals surface area contributed by atoms with Crippen LogP contribution in [0.3, 0.4) is 0 Å². The summed E-state index contributed by atoms with van der Waals surface area (Å²) in [6, 6.07) is 4.37. The third kappa shape index (κ3) is 2.78. The number of aryl methyl sites for hydroxylation is 2. The number of fused-ring (bicyclic) bond motifs is 2. The largest absolute Gasteiger partial charge is 0.491 e. The SMILES string of the molecule is Cc1cc(C)c2c(N)nc(NC3CCOc4c(Cl)ccc(F)c43)nc2n1. The third-order valence-electron chi connectivity index (χ3n) is 4.42. The topological polar surface area (TPSA) is 86.0 Å². The molecule has 3 heterocycles. The second kappa shape index (κ2) is 6.25. The molecule has 8 heteroatoms. The molecule has 1 atom stereocenters. The quantitative estimate of drug-likeness (QED) is 0.707. The molecule has 4 rings (SSSR count). The van der Waals surface area contributed by atoms with E-state index in [0.717, 1.165) is 16.6 Å². The van der Waals surface area contributed by atoms with Crippen molar-refractivity contribution < 1.29 is 9.13 Å². The molecular formula is C18H17ClFN5O. The minimum Gasteiger partial charge on any atom is -0.491 e. The first-order valence-corrected chi connectivity index (χ1v) is 8.60. The van der Waals surface area contributed by atoms with Gasteiger partial charge in [0.05, 0.1) is 28.6 Å². The van der Waals surface area contributed by atoms with E-state index < -0.39 is 0 Å². The summed E-state index contributed by atoms with van der Waals surface area (Å²) in [4.78, 5) is 13.2. The Kier molecular flexibility index (Phi) is 4.03. The Morgan fingerprint density at radius 1 is 1.27 bits per heavy atom. The number of pyridine rings is 1. The van der Waals surface area contributed by atoms with Crippen LogP contribution in [0.25, 0.3) is 11.0 Å². The molecule has 3 N–H and O–H groups in total. The first-order valence-electron chi connectivity index (χ1n) is 8.22. The van der Waals surface area contributed by atoms with Gasteiger partial charge in [-0.15, -0.1) is 0 Å². The van der Waals surface area contributed by atoms with Crippen molar-refractivity contribution in [1.29, 1.82) is 0 Å². The fourth-order valence-electron chi connectivity index (χ4n) is 3.32. The molecule has 3 aromatic rings. The Bertz CT molecular complexity index is 1030. The van der Waals surface area contributed by atoms with Crippen LogP contribution in [0.5, 0.6) is 5.75 Å². The Morgan fingerprint density at radius 2 is 2.08 bits per heavy atom. The number of nitrogens with zero attached hydrogens (tertiary/aromatic N) is 3. The maximum Gasteiger partial charge on any atom is 0.227 e. The number of hydrogen-bond donors (Lipinski definition) is 2. The van der Waals surface area contributed by atoms with Crippen LogP contribution in [0, 0.1) is 19.7 Å². The molecule has 0 aliphatic carbocycles. The lowest BCUT2D eigenvalue weighted by molar-refractivity contribution is 0.269. The molecule has 1 aromatic carbocycles. The zero-order valence-corrected chi connectivity index (χ0v) is 15.1. The Labute approximate surface area is 154 Å². The summed E-state index contributed by atoms with van der Waals surface area (Å²) < 4.78 is 19.9. The van der Waals surface area contributed by atoms with Gasteiger partial charge in [-0.25, -0.2) is 9.37 Å². The van der Waals surface area contributed by atoms with E-state index in [4.69, 9.17) is 22.1 Å². The zero-order valence-electron chi connectivity index (χ0n) is 14.3. The van der Waals surface area contributed by atoms with Crippen LogP contribution in [-0.2, 0) is 0 Å². The Morgan fingerprint density at radius 3 is 2.88 bits per heavy atom. The van der Waals surface area contributed by atoms with E-state index in [1.54, 1.807) is 0 Å². The lowest BCUT2D eigenvalue weighted by Gasteiger charge is -2.27. The minimum atomic E-state index is -0.389. The number of ether oxygens (including phenoxy) is 1. The summed E-state index contributed by atoms with van der Waals surface area (Å²) in [6.45, 7) is 4.24. The number of rotatable bonds is 2. The molecule has 0 saturated carbocycles. The van der Waals surface area contributed by atoms with E-state index in [1.807, 2.05) is 19.9 Å². The van der Waals surface area contributed by atoms with E-state index in [0.29, 0.717) is 46.8 Å². The van der Waals surface area contributed by atoms with E-state index >= 15 is 0 Å². The van der Waals surface area contributed by atoms with Crippen molar-refractivity contribution in [3.05, 3.63) is 45.9 Å². The van der Waals surface area contributed by atoms with Crippen LogP contribution >= 0.6 is 11.6 Å². The van der Waals surface area contributed by atoms with Crippen molar-refractivity contribution in [1.82, 2.24) is 15.0 Å². The number of nitrogens with one attached hydrogen (secondary N) is 1. The van der Waals surface area contributed by atoms with Gasteiger partial charge in [0.1, 0.15) is 17.4 Å². The summed E-state index contributed by atoms with van der Waals surface area (Å²) in [6.07, 6.45) is 0.547. The van der Waals surface area contributed by atoms with Crippen molar-refractivity contribution in [2.45, 2.75) is 26.3 Å². The van der Waals surface area contributed by atoms with Crippen LogP contribution in [0.2, 0.25) is 5.02 Å². The molecule has 0 fully saturated rings. The Hall–Kier alpha value is -2.67. The highest BCUT2D eigenvalue weighted by atomic mass is 35.5. The molecule has 1 unspecified atom stereocenters. The van der Waals surface area contributed by atoms with Crippen molar-refractivity contribution in [3.63, 3.8) is 0 Å². The Balaban J connectivity index is 1.77. The van der Waals surface area contributed by atoms with Crippen LogP contribution in [0.1, 0.15) is 29.3 Å².